The Kier molecular flexibility index (Phi) is 8.39. The highest BCUT2D eigenvalue weighted by Crippen LogP contribution is 2.60. The number of amides is 1. The van der Waals surface area contributed by atoms with Gasteiger partial charge in [-0.05, 0) is 82.1 Å². The molecule has 0 spiro atoms. The second-order valence-corrected chi connectivity index (χ2v) is 15.1. The number of aliphatic hydroxyl groups is 1. The van der Waals surface area contributed by atoms with Crippen molar-refractivity contribution in [3.05, 3.63) is 48.2 Å². The summed E-state index contributed by atoms with van der Waals surface area (Å²) in [5.41, 5.74) is -2.23. The van der Waals surface area contributed by atoms with Crippen LogP contribution in [0.25, 0.3) is 5.82 Å². The number of carbonyl (C=O) groups is 1. The highest BCUT2D eigenvalue weighted by Gasteiger charge is 2.63. The van der Waals surface area contributed by atoms with Crippen LogP contribution in [0.1, 0.15) is 63.2 Å². The number of nitrogens with one attached hydrogen (secondary N) is 2. The van der Waals surface area contributed by atoms with Gasteiger partial charge in [-0.15, -0.1) is 5.10 Å². The fraction of sp³-hybridized carbons (Fsp3) is 0.548. The molecule has 3 aromatic rings. The number of nitrogens with zero attached hydrogens (tertiary/aromatic N) is 5. The van der Waals surface area contributed by atoms with Gasteiger partial charge in [0.1, 0.15) is 18.2 Å². The number of ether oxygens (including phenoxy) is 1. The normalized spacial score (nSPS) is 23.8. The lowest BCUT2D eigenvalue weighted by Gasteiger charge is -2.34. The van der Waals surface area contributed by atoms with E-state index in [9.17, 15) is 31.5 Å². The van der Waals surface area contributed by atoms with E-state index >= 15 is 0 Å². The first-order chi connectivity index (χ1) is 22.1. The van der Waals surface area contributed by atoms with Crippen molar-refractivity contribution in [3.63, 3.8) is 0 Å². The van der Waals surface area contributed by atoms with Gasteiger partial charge in [-0.25, -0.2) is 19.4 Å². The summed E-state index contributed by atoms with van der Waals surface area (Å²) in [6.45, 7) is 7.08. The summed E-state index contributed by atoms with van der Waals surface area (Å²) in [7, 11) is -4.33. The molecule has 16 heteroatoms. The maximum atomic E-state index is 13.6. The lowest BCUT2D eigenvalue weighted by molar-refractivity contribution is -0.195. The summed E-state index contributed by atoms with van der Waals surface area (Å²) < 4.78 is 75.4. The number of pyridine rings is 2. The van der Waals surface area contributed by atoms with E-state index < -0.39 is 45.6 Å². The van der Waals surface area contributed by atoms with Crippen LogP contribution in [0.2, 0.25) is 0 Å². The summed E-state index contributed by atoms with van der Waals surface area (Å²) in [5, 5.41) is 17.5. The summed E-state index contributed by atoms with van der Waals surface area (Å²) in [6, 6.07) is 9.04. The maximum Gasteiger partial charge on any atom is 0.394 e. The number of alkyl halides is 3. The monoisotopic (exact) mass is 677 g/mol. The van der Waals surface area contributed by atoms with Gasteiger partial charge in [-0.1, -0.05) is 13.0 Å². The molecule has 0 radical (unpaired) electrons. The van der Waals surface area contributed by atoms with E-state index in [0.29, 0.717) is 24.7 Å². The predicted octanol–water partition coefficient (Wildman–Crippen LogP) is 4.31. The number of rotatable bonds is 6. The molecule has 3 aliphatic rings. The zero-order chi connectivity index (χ0) is 33.8. The van der Waals surface area contributed by atoms with E-state index in [4.69, 9.17) is 9.72 Å². The van der Waals surface area contributed by atoms with E-state index in [1.807, 2.05) is 4.90 Å². The third-order valence-corrected chi connectivity index (χ3v) is 10.7. The lowest BCUT2D eigenvalue weighted by Crippen LogP contribution is -2.41. The zero-order valence-corrected chi connectivity index (χ0v) is 27.1. The number of hydrogen-bond donors (Lipinski definition) is 3. The Morgan fingerprint density at radius 3 is 2.64 bits per heavy atom. The maximum absolute atomic E-state index is 13.6. The first-order valence-corrected chi connectivity index (χ1v) is 17.1. The first kappa shape index (κ1) is 33.0. The molecule has 5 heterocycles. The van der Waals surface area contributed by atoms with Gasteiger partial charge in [0.2, 0.25) is 5.88 Å². The Hall–Kier alpha value is -3.92. The number of halogens is 3. The van der Waals surface area contributed by atoms with Gasteiger partial charge in [-0.3, -0.25) is 4.79 Å². The van der Waals surface area contributed by atoms with Crippen molar-refractivity contribution in [1.29, 1.82) is 0 Å². The second kappa shape index (κ2) is 12.0. The van der Waals surface area contributed by atoms with E-state index in [1.54, 1.807) is 12.1 Å². The standard InChI is InChI=1S/C31H38F3N7O5S/c1-19-9-13-35-23-5-4-6-26(36-23)47(44,45)39-28(43)22-7-8-24(37-27(22)40-17-20(19)15-29(40,2)3)41-14-10-25(38-41)46-18-21(42)16-30(11-12-30)31(32,33)34/h4-8,10,14,19-21,42H,9,11-13,15-18H2,1-3H3,(H,35,36)(H,39,43)/t19-,20-,21?/m0/s1. The summed E-state index contributed by atoms with van der Waals surface area (Å²) in [5.74, 6) is 0.717. The van der Waals surface area contributed by atoms with Crippen molar-refractivity contribution < 1.29 is 36.2 Å². The van der Waals surface area contributed by atoms with Crippen molar-refractivity contribution in [2.45, 2.75) is 75.7 Å². The van der Waals surface area contributed by atoms with Crippen molar-refractivity contribution in [1.82, 2.24) is 24.5 Å². The van der Waals surface area contributed by atoms with E-state index in [-0.39, 0.29) is 53.6 Å². The predicted molar refractivity (Wildman–Crippen MR) is 166 cm³/mol. The number of carbonyl (C=O) groups excluding carboxylic acids is 1. The molecule has 12 nitrogen and oxygen atoms in total. The van der Waals surface area contributed by atoms with Gasteiger partial charge < -0.3 is 20.1 Å². The second-order valence-electron chi connectivity index (χ2n) is 13.5. The topological polar surface area (TPSA) is 152 Å². The van der Waals surface area contributed by atoms with Crippen LogP contribution >= 0.6 is 0 Å². The molecule has 3 aromatic heterocycles. The van der Waals surface area contributed by atoms with Gasteiger partial charge in [0.05, 0.1) is 17.1 Å². The molecule has 3 N–H and O–H groups in total. The molecule has 1 aliphatic carbocycles. The van der Waals surface area contributed by atoms with Crippen LogP contribution < -0.4 is 19.7 Å². The van der Waals surface area contributed by atoms with E-state index in [0.717, 1.165) is 12.8 Å². The van der Waals surface area contributed by atoms with Crippen LogP contribution in [0.4, 0.5) is 24.8 Å². The smallest absolute Gasteiger partial charge is 0.394 e. The average Bonchev–Trinajstić information content (AvgIpc) is 3.51. The van der Waals surface area contributed by atoms with Crippen molar-refractivity contribution >= 4 is 27.6 Å². The largest absolute Gasteiger partial charge is 0.474 e. The Balaban J connectivity index is 1.29. The van der Waals surface area contributed by atoms with Crippen LogP contribution in [0, 0.1) is 17.3 Å². The third-order valence-electron chi connectivity index (χ3n) is 9.51. The fourth-order valence-corrected chi connectivity index (χ4v) is 7.45. The number of aromatic nitrogens is 4. The average molecular weight is 678 g/mol. The van der Waals surface area contributed by atoms with Crippen LogP contribution in [0.5, 0.6) is 5.88 Å². The van der Waals surface area contributed by atoms with Gasteiger partial charge in [0, 0.05) is 30.9 Å². The lowest BCUT2D eigenvalue weighted by atomic mass is 9.86. The highest BCUT2D eigenvalue weighted by atomic mass is 32.2. The van der Waals surface area contributed by atoms with Gasteiger partial charge in [0.25, 0.3) is 15.9 Å². The number of aliphatic hydroxyl groups excluding tert-OH is 1. The van der Waals surface area contributed by atoms with Crippen LogP contribution in [0.15, 0.2) is 47.6 Å². The number of anilines is 2. The Bertz CT molecular complexity index is 1760. The molecule has 3 atom stereocenters. The van der Waals surface area contributed by atoms with E-state index in [1.165, 1.54) is 35.1 Å². The summed E-state index contributed by atoms with van der Waals surface area (Å²) >= 11 is 0. The molecular weight excluding hydrogens is 639 g/mol. The van der Waals surface area contributed by atoms with E-state index in [2.05, 4.69) is 40.9 Å². The SMILES string of the molecule is C[C@H]1CCNc2cccc(n2)S(=O)(=O)NC(=O)c2ccc(-n3ccc(OCC(O)CC4(C(F)(F)F)CC4)n3)nc2N2C[C@@H]1CC2(C)C. The first-order valence-electron chi connectivity index (χ1n) is 15.6. The van der Waals surface area contributed by atoms with Crippen molar-refractivity contribution in [2.24, 2.45) is 17.3 Å². The molecule has 2 fully saturated rings. The molecule has 6 rings (SSSR count). The number of hydrogen-bond acceptors (Lipinski definition) is 10. The van der Waals surface area contributed by atoms with Gasteiger partial charge in [0.15, 0.2) is 10.8 Å². The molecule has 1 unspecified atom stereocenters. The fourth-order valence-electron chi connectivity index (χ4n) is 6.51. The summed E-state index contributed by atoms with van der Waals surface area (Å²) in [4.78, 5) is 24.7. The van der Waals surface area contributed by atoms with Crippen LogP contribution in [-0.4, -0.2) is 76.7 Å². The molecule has 4 bridgehead atoms. The summed E-state index contributed by atoms with van der Waals surface area (Å²) in [6.07, 6.45) is -2.99. The molecular formula is C31H38F3N7O5S. The molecule has 0 aromatic carbocycles. The molecule has 47 heavy (non-hydrogen) atoms. The highest BCUT2D eigenvalue weighted by molar-refractivity contribution is 7.90. The molecule has 2 aliphatic heterocycles. The molecule has 1 amide bonds. The van der Waals surface area contributed by atoms with Gasteiger partial charge >= 0.3 is 6.18 Å². The minimum absolute atomic E-state index is 0.00902. The van der Waals surface area contributed by atoms with Crippen molar-refractivity contribution in [2.75, 3.05) is 29.9 Å². The van der Waals surface area contributed by atoms with Crippen LogP contribution in [0.3, 0.4) is 0 Å². The molecule has 1 saturated carbocycles. The number of sulfonamides is 1. The third kappa shape index (κ3) is 6.75. The minimum atomic E-state index is -4.37. The van der Waals surface area contributed by atoms with Crippen molar-refractivity contribution in [3.8, 4) is 11.7 Å². The Morgan fingerprint density at radius 2 is 1.91 bits per heavy atom. The minimum Gasteiger partial charge on any atom is -0.474 e. The van der Waals surface area contributed by atoms with Crippen LogP contribution in [-0.2, 0) is 10.0 Å². The van der Waals surface area contributed by atoms with Gasteiger partial charge in [-0.2, -0.15) is 21.6 Å². The Morgan fingerprint density at radius 1 is 1.15 bits per heavy atom. The Labute approximate surface area is 270 Å². The number of fused-ring (bicyclic) bond motifs is 6. The molecule has 1 saturated heterocycles. The quantitative estimate of drug-likeness (QED) is 0.344. The molecule has 254 valence electrons. The zero-order valence-electron chi connectivity index (χ0n) is 26.3.